The van der Waals surface area contributed by atoms with Crippen molar-refractivity contribution in [2.45, 2.75) is 119 Å². The Morgan fingerprint density at radius 3 is 2.00 bits per heavy atom. The highest BCUT2D eigenvalue weighted by Gasteiger charge is 2.37. The van der Waals surface area contributed by atoms with Crippen LogP contribution in [0.5, 0.6) is 0 Å². The molecule has 2 aromatic rings. The van der Waals surface area contributed by atoms with Crippen LogP contribution < -0.4 is 0 Å². The Kier molecular flexibility index (Phi) is 16.6. The van der Waals surface area contributed by atoms with Gasteiger partial charge in [0, 0.05) is 5.92 Å². The highest BCUT2D eigenvalue weighted by molar-refractivity contribution is 5.41. The average Bonchev–Trinajstić information content (AvgIpc) is 3.43. The summed E-state index contributed by atoms with van der Waals surface area (Å²) >= 11 is 0. The van der Waals surface area contributed by atoms with E-state index in [0.29, 0.717) is 11.3 Å². The summed E-state index contributed by atoms with van der Waals surface area (Å²) in [6.07, 6.45) is 18.3. The third kappa shape index (κ3) is 12.7. The lowest BCUT2D eigenvalue weighted by Crippen LogP contribution is -2.06. The predicted molar refractivity (Wildman–Crippen MR) is 182 cm³/mol. The van der Waals surface area contributed by atoms with E-state index in [0.717, 1.165) is 17.1 Å². The van der Waals surface area contributed by atoms with E-state index in [1.165, 1.54) is 80.0 Å². The Bertz CT molecular complexity index is 1050. The molecule has 1 atom stereocenters. The second kappa shape index (κ2) is 18.7. The van der Waals surface area contributed by atoms with Crippen molar-refractivity contribution in [3.8, 4) is 0 Å². The second-order valence-corrected chi connectivity index (χ2v) is 12.1. The fourth-order valence-electron chi connectivity index (χ4n) is 5.41. The van der Waals surface area contributed by atoms with Crippen molar-refractivity contribution in [3.05, 3.63) is 119 Å². The van der Waals surface area contributed by atoms with Gasteiger partial charge in [-0.2, -0.15) is 0 Å². The van der Waals surface area contributed by atoms with Gasteiger partial charge in [-0.25, -0.2) is 0 Å². The Morgan fingerprint density at radius 2 is 1.55 bits per heavy atom. The zero-order valence-electron chi connectivity index (χ0n) is 27.4. The number of hydrogen-bond donors (Lipinski definition) is 0. The van der Waals surface area contributed by atoms with Gasteiger partial charge in [0.2, 0.25) is 0 Å². The first kappa shape index (κ1) is 35.4. The van der Waals surface area contributed by atoms with Crippen molar-refractivity contribution in [3.63, 3.8) is 0 Å². The molecule has 1 unspecified atom stereocenters. The topological polar surface area (TPSA) is 0 Å². The van der Waals surface area contributed by atoms with E-state index >= 15 is 0 Å². The molecule has 0 heterocycles. The molecule has 0 nitrogen and oxygen atoms in total. The van der Waals surface area contributed by atoms with Gasteiger partial charge in [-0.05, 0) is 73.6 Å². The minimum Gasteiger partial charge on any atom is -0.0990 e. The van der Waals surface area contributed by atoms with Crippen molar-refractivity contribution >= 4 is 0 Å². The quantitative estimate of drug-likeness (QED) is 0.277. The van der Waals surface area contributed by atoms with E-state index in [1.54, 1.807) is 17.7 Å². The first-order valence-corrected chi connectivity index (χ1v) is 15.9. The molecular formula is C40H60. The van der Waals surface area contributed by atoms with Gasteiger partial charge in [-0.1, -0.05) is 170 Å². The Hall–Kier alpha value is -2.60. The fraction of sp³-hybridized carbons (Fsp3) is 0.500. The van der Waals surface area contributed by atoms with Crippen LogP contribution in [0.4, 0.5) is 0 Å². The van der Waals surface area contributed by atoms with Crippen LogP contribution in [0, 0.1) is 25.2 Å². The van der Waals surface area contributed by atoms with Crippen molar-refractivity contribution in [2.24, 2.45) is 11.3 Å². The molecule has 0 N–H and O–H groups in total. The van der Waals surface area contributed by atoms with Crippen LogP contribution in [0.3, 0.4) is 0 Å². The van der Waals surface area contributed by atoms with Gasteiger partial charge in [-0.15, -0.1) is 0 Å². The molecule has 2 aliphatic rings. The van der Waals surface area contributed by atoms with Crippen molar-refractivity contribution < 1.29 is 0 Å². The van der Waals surface area contributed by atoms with E-state index in [9.17, 15) is 0 Å². The molecular weight excluding hydrogens is 480 g/mol. The largest absolute Gasteiger partial charge is 0.0990 e. The van der Waals surface area contributed by atoms with Crippen LogP contribution in [0.25, 0.3) is 0 Å². The lowest BCUT2D eigenvalue weighted by Gasteiger charge is -2.20. The van der Waals surface area contributed by atoms with Gasteiger partial charge in [0.15, 0.2) is 0 Å². The van der Waals surface area contributed by atoms with Gasteiger partial charge in [0.05, 0.1) is 0 Å². The molecule has 0 heteroatoms. The van der Waals surface area contributed by atoms with Gasteiger partial charge < -0.3 is 0 Å². The SMILES string of the molecule is C=C/C=C(\C=C)C(=C)C.CC.CCCC1CCCC1.Cc1ccc(C(C)c2ccc(C)cc2CC2(C)CC2)cc1. The Morgan fingerprint density at radius 1 is 0.975 bits per heavy atom. The molecule has 220 valence electrons. The van der Waals surface area contributed by atoms with Crippen molar-refractivity contribution in [2.75, 3.05) is 0 Å². The molecule has 0 aliphatic heterocycles. The third-order valence-corrected chi connectivity index (χ3v) is 8.24. The van der Waals surface area contributed by atoms with Gasteiger partial charge in [-0.3, -0.25) is 0 Å². The average molecular weight is 541 g/mol. The summed E-state index contributed by atoms with van der Waals surface area (Å²) < 4.78 is 0. The highest BCUT2D eigenvalue weighted by Crippen LogP contribution is 2.48. The van der Waals surface area contributed by atoms with Crippen molar-refractivity contribution in [1.82, 2.24) is 0 Å². The third-order valence-electron chi connectivity index (χ3n) is 8.24. The summed E-state index contributed by atoms with van der Waals surface area (Å²) in [5.41, 5.74) is 9.84. The van der Waals surface area contributed by atoms with Crippen LogP contribution in [0.15, 0.2) is 91.6 Å². The molecule has 2 fully saturated rings. The summed E-state index contributed by atoms with van der Waals surface area (Å²) in [5.74, 6) is 1.59. The molecule has 2 saturated carbocycles. The van der Waals surface area contributed by atoms with Crippen molar-refractivity contribution in [1.29, 1.82) is 0 Å². The highest BCUT2D eigenvalue weighted by atomic mass is 14.4. The van der Waals surface area contributed by atoms with Crippen LogP contribution in [-0.2, 0) is 6.42 Å². The zero-order chi connectivity index (χ0) is 30.1. The molecule has 0 spiro atoms. The molecule has 0 saturated heterocycles. The number of rotatable bonds is 9. The summed E-state index contributed by atoms with van der Waals surface area (Å²) in [6.45, 7) is 28.3. The van der Waals surface area contributed by atoms with E-state index in [1.807, 2.05) is 26.8 Å². The second-order valence-electron chi connectivity index (χ2n) is 12.1. The van der Waals surface area contributed by atoms with Crippen LogP contribution in [-0.4, -0.2) is 0 Å². The molecule has 0 aromatic heterocycles. The molecule has 0 radical (unpaired) electrons. The van der Waals surface area contributed by atoms with Crippen LogP contribution in [0.1, 0.15) is 127 Å². The Balaban J connectivity index is 0.000000349. The van der Waals surface area contributed by atoms with E-state index in [2.05, 4.69) is 96.8 Å². The summed E-state index contributed by atoms with van der Waals surface area (Å²) in [5, 5.41) is 0. The van der Waals surface area contributed by atoms with E-state index in [-0.39, 0.29) is 0 Å². The van der Waals surface area contributed by atoms with Crippen LogP contribution >= 0.6 is 0 Å². The first-order valence-electron chi connectivity index (χ1n) is 15.9. The van der Waals surface area contributed by atoms with E-state index in [4.69, 9.17) is 0 Å². The van der Waals surface area contributed by atoms with E-state index < -0.39 is 0 Å². The smallest absolute Gasteiger partial charge is 0.00637 e. The summed E-state index contributed by atoms with van der Waals surface area (Å²) in [6, 6.07) is 16.0. The maximum absolute atomic E-state index is 3.76. The maximum atomic E-state index is 3.76. The zero-order valence-corrected chi connectivity index (χ0v) is 27.4. The monoisotopic (exact) mass is 540 g/mol. The predicted octanol–water partition coefficient (Wildman–Crippen LogP) is 12.7. The lowest BCUT2D eigenvalue weighted by atomic mass is 9.85. The minimum atomic E-state index is 0.476. The van der Waals surface area contributed by atoms with Crippen LogP contribution in [0.2, 0.25) is 0 Å². The number of hydrogen-bond acceptors (Lipinski definition) is 0. The minimum absolute atomic E-state index is 0.476. The fourth-order valence-corrected chi connectivity index (χ4v) is 5.41. The standard InChI is InChI=1S/C21H26.C9H12.C8H16.C2H6/c1-15-5-8-18(9-6-15)17(3)20-10-7-16(2)13-19(20)14-21(4)11-12-21;1-5-7-9(6-2)8(3)4;1-2-5-8-6-3-4-7-8;1-2/h5-10,13,17H,11-12,14H2,1-4H3;5-7H,1-3H2,4H3;8H,2-7H2,1H3;1-2H3/b;9-7+;;. The number of allylic oxidation sites excluding steroid dienone is 5. The molecule has 40 heavy (non-hydrogen) atoms. The summed E-state index contributed by atoms with van der Waals surface area (Å²) in [4.78, 5) is 0. The normalized spacial score (nSPS) is 16.1. The molecule has 4 rings (SSSR count). The first-order chi connectivity index (χ1) is 19.1. The number of aryl methyl sites for hydroxylation is 2. The molecule has 2 aromatic carbocycles. The Labute approximate surface area is 249 Å². The maximum Gasteiger partial charge on any atom is 0.00637 e. The van der Waals surface area contributed by atoms with Gasteiger partial charge >= 0.3 is 0 Å². The van der Waals surface area contributed by atoms with Gasteiger partial charge in [0.25, 0.3) is 0 Å². The molecule has 0 amide bonds. The molecule has 2 aliphatic carbocycles. The molecule has 0 bridgehead atoms. The lowest BCUT2D eigenvalue weighted by molar-refractivity contribution is 0.496. The summed E-state index contributed by atoms with van der Waals surface area (Å²) in [7, 11) is 0. The van der Waals surface area contributed by atoms with Gasteiger partial charge in [0.1, 0.15) is 0 Å². The number of benzene rings is 2.